The van der Waals surface area contributed by atoms with Gasteiger partial charge in [0.1, 0.15) is 0 Å². The summed E-state index contributed by atoms with van der Waals surface area (Å²) in [4.78, 5) is 18.1. The molecular formula is C11H15N3O2. The van der Waals surface area contributed by atoms with E-state index in [0.717, 1.165) is 25.9 Å². The van der Waals surface area contributed by atoms with Gasteiger partial charge in [-0.3, -0.25) is 0 Å². The molecule has 0 bridgehead atoms. The van der Waals surface area contributed by atoms with E-state index in [2.05, 4.69) is 5.48 Å². The first kappa shape index (κ1) is 10.6. The molecule has 1 aromatic rings. The van der Waals surface area contributed by atoms with Gasteiger partial charge in [0.2, 0.25) is 0 Å². The number of anilines is 2. The molecule has 1 fully saturated rings. The SMILES string of the molecule is Nc1ccc(NOC(=O)N2CCCC2)cc1. The van der Waals surface area contributed by atoms with E-state index < -0.39 is 0 Å². The van der Waals surface area contributed by atoms with E-state index in [-0.39, 0.29) is 6.09 Å². The molecule has 86 valence electrons. The molecule has 0 aromatic heterocycles. The lowest BCUT2D eigenvalue weighted by molar-refractivity contribution is 0.132. The maximum absolute atomic E-state index is 11.5. The van der Waals surface area contributed by atoms with Gasteiger partial charge in [-0.2, -0.15) is 0 Å². The van der Waals surface area contributed by atoms with Crippen molar-refractivity contribution in [1.29, 1.82) is 0 Å². The number of nitrogens with one attached hydrogen (secondary N) is 1. The highest BCUT2D eigenvalue weighted by Gasteiger charge is 2.19. The Morgan fingerprint density at radius 2 is 1.88 bits per heavy atom. The number of benzene rings is 1. The summed E-state index contributed by atoms with van der Waals surface area (Å²) in [6, 6.07) is 7.00. The molecule has 2 rings (SSSR count). The lowest BCUT2D eigenvalue weighted by atomic mass is 10.3. The Morgan fingerprint density at radius 3 is 2.50 bits per heavy atom. The molecule has 16 heavy (non-hydrogen) atoms. The van der Waals surface area contributed by atoms with E-state index in [1.54, 1.807) is 29.2 Å². The molecule has 1 amide bonds. The molecule has 5 heteroatoms. The second-order valence-electron chi connectivity index (χ2n) is 3.79. The average molecular weight is 221 g/mol. The minimum absolute atomic E-state index is 0.325. The highest BCUT2D eigenvalue weighted by Crippen LogP contribution is 2.12. The zero-order valence-electron chi connectivity index (χ0n) is 8.98. The van der Waals surface area contributed by atoms with Crippen LogP contribution in [0.25, 0.3) is 0 Å². The van der Waals surface area contributed by atoms with Crippen molar-refractivity contribution >= 4 is 17.5 Å². The number of carbonyl (C=O) groups is 1. The minimum Gasteiger partial charge on any atom is -0.399 e. The molecule has 1 aliphatic rings. The summed E-state index contributed by atoms with van der Waals surface area (Å²) in [5.74, 6) is 0. The molecule has 0 atom stereocenters. The summed E-state index contributed by atoms with van der Waals surface area (Å²) in [5, 5.41) is 0. The summed E-state index contributed by atoms with van der Waals surface area (Å²) in [6.45, 7) is 1.56. The third kappa shape index (κ3) is 2.56. The van der Waals surface area contributed by atoms with E-state index in [1.165, 1.54) is 0 Å². The van der Waals surface area contributed by atoms with Gasteiger partial charge in [-0.05, 0) is 37.1 Å². The normalized spacial score (nSPS) is 14.9. The Hall–Kier alpha value is -1.91. The van der Waals surface area contributed by atoms with Crippen LogP contribution in [0.3, 0.4) is 0 Å². The molecule has 1 aliphatic heterocycles. The number of hydrogen-bond acceptors (Lipinski definition) is 4. The summed E-state index contributed by atoms with van der Waals surface area (Å²) in [6.07, 6.45) is 1.78. The van der Waals surface area contributed by atoms with E-state index in [1.807, 2.05) is 0 Å². The van der Waals surface area contributed by atoms with Crippen LogP contribution >= 0.6 is 0 Å². The van der Waals surface area contributed by atoms with Gasteiger partial charge < -0.3 is 15.5 Å². The maximum atomic E-state index is 11.5. The number of hydrogen-bond donors (Lipinski definition) is 2. The average Bonchev–Trinajstić information content (AvgIpc) is 2.81. The topological polar surface area (TPSA) is 67.6 Å². The monoisotopic (exact) mass is 221 g/mol. The second kappa shape index (κ2) is 4.74. The van der Waals surface area contributed by atoms with Gasteiger partial charge in [-0.15, -0.1) is 0 Å². The second-order valence-corrected chi connectivity index (χ2v) is 3.79. The Bertz CT molecular complexity index is 358. The number of carbonyl (C=O) groups excluding carboxylic acids is 1. The van der Waals surface area contributed by atoms with Crippen LogP contribution < -0.4 is 11.2 Å². The van der Waals surface area contributed by atoms with Crippen LogP contribution in [0.5, 0.6) is 0 Å². The fourth-order valence-corrected chi connectivity index (χ4v) is 1.62. The smallest absolute Gasteiger partial charge is 0.399 e. The summed E-state index contributed by atoms with van der Waals surface area (Å²) < 4.78 is 0. The van der Waals surface area contributed by atoms with Crippen molar-refractivity contribution in [2.24, 2.45) is 0 Å². The fourth-order valence-electron chi connectivity index (χ4n) is 1.62. The Morgan fingerprint density at radius 1 is 1.25 bits per heavy atom. The quantitative estimate of drug-likeness (QED) is 0.590. The van der Waals surface area contributed by atoms with Gasteiger partial charge >= 0.3 is 6.09 Å². The molecular weight excluding hydrogens is 206 g/mol. The van der Waals surface area contributed by atoms with Crippen molar-refractivity contribution in [2.75, 3.05) is 24.3 Å². The van der Waals surface area contributed by atoms with E-state index >= 15 is 0 Å². The van der Waals surface area contributed by atoms with Crippen LogP contribution in [0, 0.1) is 0 Å². The van der Waals surface area contributed by atoms with Gasteiger partial charge in [0.05, 0.1) is 5.69 Å². The van der Waals surface area contributed by atoms with E-state index in [4.69, 9.17) is 10.6 Å². The van der Waals surface area contributed by atoms with Gasteiger partial charge in [0, 0.05) is 18.8 Å². The minimum atomic E-state index is -0.325. The molecule has 0 saturated carbocycles. The van der Waals surface area contributed by atoms with Gasteiger partial charge in [0.25, 0.3) is 0 Å². The van der Waals surface area contributed by atoms with Crippen LogP contribution in [0.4, 0.5) is 16.2 Å². The molecule has 0 spiro atoms. The van der Waals surface area contributed by atoms with Crippen LogP contribution in [-0.4, -0.2) is 24.1 Å². The molecule has 5 nitrogen and oxygen atoms in total. The predicted octanol–water partition coefficient (Wildman–Crippen LogP) is 1.83. The summed E-state index contributed by atoms with van der Waals surface area (Å²) in [7, 11) is 0. The Labute approximate surface area is 94.1 Å². The van der Waals surface area contributed by atoms with Crippen LogP contribution in [0.15, 0.2) is 24.3 Å². The fraction of sp³-hybridized carbons (Fsp3) is 0.364. The third-order valence-electron chi connectivity index (χ3n) is 2.53. The van der Waals surface area contributed by atoms with Crippen molar-refractivity contribution in [2.45, 2.75) is 12.8 Å². The molecule has 1 saturated heterocycles. The first-order chi connectivity index (χ1) is 7.75. The highest BCUT2D eigenvalue weighted by molar-refractivity contribution is 5.69. The third-order valence-corrected chi connectivity index (χ3v) is 2.53. The van der Waals surface area contributed by atoms with Crippen LogP contribution in [-0.2, 0) is 4.84 Å². The number of rotatable bonds is 2. The number of nitrogens with two attached hydrogens (primary N) is 1. The van der Waals surface area contributed by atoms with Gasteiger partial charge in [-0.25, -0.2) is 10.3 Å². The molecule has 0 radical (unpaired) electrons. The van der Waals surface area contributed by atoms with Crippen molar-refractivity contribution in [3.63, 3.8) is 0 Å². The summed E-state index contributed by atoms with van der Waals surface area (Å²) in [5.41, 5.74) is 9.53. The van der Waals surface area contributed by atoms with Crippen molar-refractivity contribution in [3.8, 4) is 0 Å². The first-order valence-corrected chi connectivity index (χ1v) is 5.33. The largest absolute Gasteiger partial charge is 0.434 e. The number of likely N-dealkylation sites (tertiary alicyclic amines) is 1. The number of nitrogens with zero attached hydrogens (tertiary/aromatic N) is 1. The Balaban J connectivity index is 1.82. The molecule has 0 unspecified atom stereocenters. The number of nitrogen functional groups attached to an aromatic ring is 1. The summed E-state index contributed by atoms with van der Waals surface area (Å²) >= 11 is 0. The van der Waals surface area contributed by atoms with Crippen LogP contribution in [0.2, 0.25) is 0 Å². The van der Waals surface area contributed by atoms with Crippen molar-refractivity contribution < 1.29 is 9.63 Å². The lowest BCUT2D eigenvalue weighted by Gasteiger charge is -2.15. The molecule has 3 N–H and O–H groups in total. The molecule has 0 aliphatic carbocycles. The maximum Gasteiger partial charge on any atom is 0.434 e. The van der Waals surface area contributed by atoms with Gasteiger partial charge in [0.15, 0.2) is 0 Å². The van der Waals surface area contributed by atoms with Crippen LogP contribution in [0.1, 0.15) is 12.8 Å². The zero-order valence-corrected chi connectivity index (χ0v) is 8.98. The predicted molar refractivity (Wildman–Crippen MR) is 61.8 cm³/mol. The highest BCUT2D eigenvalue weighted by atomic mass is 16.7. The number of amides is 1. The Kier molecular flexibility index (Phi) is 3.14. The van der Waals surface area contributed by atoms with Crippen molar-refractivity contribution in [3.05, 3.63) is 24.3 Å². The van der Waals surface area contributed by atoms with Crippen molar-refractivity contribution in [1.82, 2.24) is 4.90 Å². The van der Waals surface area contributed by atoms with Gasteiger partial charge in [-0.1, -0.05) is 0 Å². The molecule has 1 heterocycles. The standard InChI is InChI=1S/C11H15N3O2/c12-9-3-5-10(6-4-9)13-16-11(15)14-7-1-2-8-14/h3-6,13H,1-2,7-8,12H2. The van der Waals surface area contributed by atoms with E-state index in [9.17, 15) is 4.79 Å². The zero-order chi connectivity index (χ0) is 11.4. The van der Waals surface area contributed by atoms with E-state index in [0.29, 0.717) is 11.4 Å². The first-order valence-electron chi connectivity index (χ1n) is 5.33. The molecule has 1 aromatic carbocycles. The lowest BCUT2D eigenvalue weighted by Crippen LogP contribution is -2.29.